The molecule has 4 unspecified atom stereocenters. The molecule has 0 bridgehead atoms. The monoisotopic (exact) mass is 470 g/mol. The Morgan fingerprint density at radius 1 is 0.882 bits per heavy atom. The number of nitrogens with zero attached hydrogens (tertiary/aromatic N) is 4. The Balaban J connectivity index is 2.26. The summed E-state index contributed by atoms with van der Waals surface area (Å²) < 4.78 is 0. The lowest BCUT2D eigenvalue weighted by atomic mass is 9.48. The van der Waals surface area contributed by atoms with Gasteiger partial charge in [-0.2, -0.15) is 15.0 Å². The topological polar surface area (TPSA) is 118 Å². The fourth-order valence-corrected chi connectivity index (χ4v) is 7.33. The second-order valence-corrected chi connectivity index (χ2v) is 11.2. The third kappa shape index (κ3) is 7.01. The van der Waals surface area contributed by atoms with Gasteiger partial charge in [0.15, 0.2) is 6.17 Å². The summed E-state index contributed by atoms with van der Waals surface area (Å²) in [4.78, 5) is 58.9. The summed E-state index contributed by atoms with van der Waals surface area (Å²) in [5, 5.41) is 0. The van der Waals surface area contributed by atoms with Crippen LogP contribution in [0.5, 0.6) is 0 Å². The zero-order valence-corrected chi connectivity index (χ0v) is 20.8. The minimum Gasteiger partial charge on any atom is -0.211 e. The first-order valence-electron chi connectivity index (χ1n) is 12.5. The van der Waals surface area contributed by atoms with Crippen LogP contribution in [0.1, 0.15) is 97.8 Å². The van der Waals surface area contributed by atoms with Gasteiger partial charge >= 0.3 is 0 Å². The van der Waals surface area contributed by atoms with Gasteiger partial charge in [0.1, 0.15) is 0 Å². The number of carbonyl (C=O) groups excluding carboxylic acids is 4. The van der Waals surface area contributed by atoms with Crippen LogP contribution in [0.3, 0.4) is 0 Å². The Kier molecular flexibility index (Phi) is 10.5. The summed E-state index contributed by atoms with van der Waals surface area (Å²) in [6.45, 7) is 7.35. The molecule has 2 aliphatic rings. The SMILES string of the molecule is CC1(C)CC(CCCC(N=C=O)N=C=O)CC(C)(C2(N=C=O)CCCCC2CCCN=C=O)C1. The highest BCUT2D eigenvalue weighted by molar-refractivity contribution is 5.37. The van der Waals surface area contributed by atoms with Crippen molar-refractivity contribution in [2.24, 2.45) is 42.6 Å². The molecule has 0 amide bonds. The molecule has 0 N–H and O–H groups in total. The summed E-state index contributed by atoms with van der Waals surface area (Å²) >= 11 is 0. The smallest absolute Gasteiger partial charge is 0.211 e. The van der Waals surface area contributed by atoms with Crippen molar-refractivity contribution in [1.82, 2.24) is 0 Å². The molecule has 186 valence electrons. The molecule has 0 aromatic carbocycles. The van der Waals surface area contributed by atoms with Crippen molar-refractivity contribution < 1.29 is 19.2 Å². The van der Waals surface area contributed by atoms with Crippen LogP contribution in [0.2, 0.25) is 0 Å². The van der Waals surface area contributed by atoms with Crippen LogP contribution in [0.4, 0.5) is 0 Å². The van der Waals surface area contributed by atoms with Gasteiger partial charge in [0, 0.05) is 0 Å². The van der Waals surface area contributed by atoms with Crippen LogP contribution in [-0.2, 0) is 19.2 Å². The molecule has 0 aliphatic heterocycles. The van der Waals surface area contributed by atoms with Gasteiger partial charge in [-0.25, -0.2) is 24.2 Å². The molecule has 2 aliphatic carbocycles. The van der Waals surface area contributed by atoms with Crippen LogP contribution < -0.4 is 0 Å². The minimum absolute atomic E-state index is 0.0914. The van der Waals surface area contributed by atoms with Crippen molar-refractivity contribution in [2.75, 3.05) is 6.54 Å². The molecular formula is C26H38N4O4. The van der Waals surface area contributed by atoms with Gasteiger partial charge in [-0.15, -0.1) is 0 Å². The van der Waals surface area contributed by atoms with Gasteiger partial charge in [-0.3, -0.25) is 0 Å². The van der Waals surface area contributed by atoms with E-state index >= 15 is 0 Å². The molecule has 0 heterocycles. The second-order valence-electron chi connectivity index (χ2n) is 11.2. The highest BCUT2D eigenvalue weighted by atomic mass is 16.1. The van der Waals surface area contributed by atoms with E-state index in [0.29, 0.717) is 18.9 Å². The Bertz CT molecular complexity index is 861. The lowest BCUT2D eigenvalue weighted by Gasteiger charge is -2.58. The van der Waals surface area contributed by atoms with E-state index in [2.05, 4.69) is 40.7 Å². The highest BCUT2D eigenvalue weighted by Crippen LogP contribution is 2.61. The maximum absolute atomic E-state index is 11.8. The van der Waals surface area contributed by atoms with Gasteiger partial charge in [0.25, 0.3) is 0 Å². The normalized spacial score (nSPS) is 31.0. The van der Waals surface area contributed by atoms with Crippen LogP contribution >= 0.6 is 0 Å². The first kappa shape index (κ1) is 27.8. The Labute approximate surface area is 202 Å². The highest BCUT2D eigenvalue weighted by Gasteiger charge is 2.57. The van der Waals surface area contributed by atoms with Gasteiger partial charge in [-0.1, -0.05) is 40.0 Å². The number of hydrogen-bond donors (Lipinski definition) is 0. The quantitative estimate of drug-likeness (QED) is 0.216. The zero-order chi connectivity index (χ0) is 25.1. The molecule has 2 rings (SSSR count). The lowest BCUT2D eigenvalue weighted by Crippen LogP contribution is -2.56. The molecule has 0 aromatic rings. The minimum atomic E-state index is -0.708. The van der Waals surface area contributed by atoms with Crippen LogP contribution in [0.25, 0.3) is 0 Å². The molecule has 0 spiro atoms. The van der Waals surface area contributed by atoms with E-state index in [-0.39, 0.29) is 16.7 Å². The molecular weight excluding hydrogens is 432 g/mol. The summed E-state index contributed by atoms with van der Waals surface area (Å²) in [5.74, 6) is 0.688. The molecule has 0 saturated heterocycles. The maximum Gasteiger partial charge on any atom is 0.237 e. The fraction of sp³-hybridized carbons (Fsp3) is 0.846. The molecule has 2 fully saturated rings. The predicted octanol–water partition coefficient (Wildman–Crippen LogP) is 5.37. The molecule has 4 atom stereocenters. The molecule has 2 saturated carbocycles. The molecule has 0 radical (unpaired) electrons. The van der Waals surface area contributed by atoms with Crippen molar-refractivity contribution in [1.29, 1.82) is 0 Å². The standard InChI is InChI=1S/C26H38N4O4/c1-24(2)14-21(8-6-11-23(28-18-32)29-19-33)15-25(3,16-24)26(30-20-34)12-5-4-9-22(26)10-7-13-27-17-31/h21-23H,4-16H2,1-3H3. The van der Waals surface area contributed by atoms with Gasteiger partial charge in [-0.05, 0) is 80.5 Å². The maximum atomic E-state index is 11.8. The van der Waals surface area contributed by atoms with Gasteiger partial charge in [0.05, 0.1) is 12.1 Å². The first-order chi connectivity index (χ1) is 16.3. The molecule has 0 aromatic heterocycles. The van der Waals surface area contributed by atoms with Crippen LogP contribution in [-0.4, -0.2) is 42.6 Å². The van der Waals surface area contributed by atoms with Crippen molar-refractivity contribution in [3.63, 3.8) is 0 Å². The summed E-state index contributed by atoms with van der Waals surface area (Å²) in [5.41, 5.74) is -0.523. The van der Waals surface area contributed by atoms with Crippen molar-refractivity contribution in [2.45, 2.75) is 110 Å². The first-order valence-corrected chi connectivity index (χ1v) is 12.5. The summed E-state index contributed by atoms with van der Waals surface area (Å²) in [7, 11) is 0. The van der Waals surface area contributed by atoms with E-state index in [1.807, 2.05) is 6.08 Å². The zero-order valence-electron chi connectivity index (χ0n) is 20.8. The van der Waals surface area contributed by atoms with Crippen molar-refractivity contribution in [3.05, 3.63) is 0 Å². The average Bonchev–Trinajstić information content (AvgIpc) is 2.77. The van der Waals surface area contributed by atoms with Gasteiger partial charge < -0.3 is 0 Å². The van der Waals surface area contributed by atoms with E-state index in [1.54, 1.807) is 6.08 Å². The van der Waals surface area contributed by atoms with E-state index in [1.165, 1.54) is 12.2 Å². The third-order valence-corrected chi connectivity index (χ3v) is 8.14. The molecule has 8 nitrogen and oxygen atoms in total. The summed E-state index contributed by atoms with van der Waals surface area (Å²) in [6, 6.07) is 0. The van der Waals surface area contributed by atoms with Crippen LogP contribution in [0, 0.1) is 22.7 Å². The summed E-state index contributed by atoms with van der Waals surface area (Å²) in [6.07, 6.45) is 16.8. The van der Waals surface area contributed by atoms with Gasteiger partial charge in [0.2, 0.25) is 24.3 Å². The Hall–Kier alpha value is -2.48. The largest absolute Gasteiger partial charge is 0.237 e. The van der Waals surface area contributed by atoms with Crippen molar-refractivity contribution in [3.8, 4) is 0 Å². The number of rotatable bonds is 12. The molecule has 34 heavy (non-hydrogen) atoms. The predicted molar refractivity (Wildman–Crippen MR) is 128 cm³/mol. The third-order valence-electron chi connectivity index (χ3n) is 8.14. The number of hydrogen-bond acceptors (Lipinski definition) is 8. The number of aliphatic imine (C=N–C) groups is 4. The van der Waals surface area contributed by atoms with E-state index in [9.17, 15) is 19.2 Å². The van der Waals surface area contributed by atoms with E-state index in [0.717, 1.165) is 70.6 Å². The van der Waals surface area contributed by atoms with Crippen molar-refractivity contribution >= 4 is 24.3 Å². The number of isocyanates is 4. The van der Waals surface area contributed by atoms with E-state index < -0.39 is 11.7 Å². The Morgan fingerprint density at radius 3 is 2.26 bits per heavy atom. The lowest BCUT2D eigenvalue weighted by molar-refractivity contribution is -0.0521. The molecule has 8 heteroatoms. The Morgan fingerprint density at radius 2 is 1.62 bits per heavy atom. The van der Waals surface area contributed by atoms with Crippen LogP contribution in [0.15, 0.2) is 20.0 Å². The second kappa shape index (κ2) is 12.8. The van der Waals surface area contributed by atoms with E-state index in [4.69, 9.17) is 0 Å². The average molecular weight is 471 g/mol. The fourth-order valence-electron chi connectivity index (χ4n) is 7.33.